The number of amides is 1. The molecule has 0 saturated carbocycles. The van der Waals surface area contributed by atoms with E-state index in [0.717, 1.165) is 6.07 Å². The first-order valence-corrected chi connectivity index (χ1v) is 5.50. The summed E-state index contributed by atoms with van der Waals surface area (Å²) in [5.41, 5.74) is -0.307. The summed E-state index contributed by atoms with van der Waals surface area (Å²) in [6.07, 6.45) is 0.344. The molecule has 0 aromatic heterocycles. The molecule has 1 aromatic rings. The maximum absolute atomic E-state index is 13.7. The van der Waals surface area contributed by atoms with Gasteiger partial charge >= 0.3 is 5.69 Å². The number of hydrogen-bond donors (Lipinski definition) is 2. The zero-order chi connectivity index (χ0) is 13.1. The molecule has 18 heavy (non-hydrogen) atoms. The quantitative estimate of drug-likeness (QED) is 0.611. The maximum atomic E-state index is 13.7. The van der Waals surface area contributed by atoms with Gasteiger partial charge in [0.1, 0.15) is 0 Å². The lowest BCUT2D eigenvalue weighted by atomic mass is 10.1. The van der Waals surface area contributed by atoms with Crippen LogP contribution in [0.1, 0.15) is 12.0 Å². The van der Waals surface area contributed by atoms with Crippen LogP contribution in [0, 0.1) is 15.9 Å². The Morgan fingerprint density at radius 3 is 2.94 bits per heavy atom. The molecule has 2 rings (SSSR count). The number of carbonyl (C=O) groups excluding carboxylic acids is 1. The van der Waals surface area contributed by atoms with Crippen LogP contribution >= 0.6 is 0 Å². The Labute approximate surface area is 102 Å². The van der Waals surface area contributed by atoms with Crippen molar-refractivity contribution in [1.29, 1.82) is 0 Å². The van der Waals surface area contributed by atoms with E-state index in [9.17, 15) is 19.3 Å². The van der Waals surface area contributed by atoms with Crippen molar-refractivity contribution in [3.8, 4) is 0 Å². The predicted molar refractivity (Wildman–Crippen MR) is 61.3 cm³/mol. The topological polar surface area (TPSA) is 84.3 Å². The van der Waals surface area contributed by atoms with Gasteiger partial charge in [-0.1, -0.05) is 12.1 Å². The lowest BCUT2D eigenvalue weighted by Crippen LogP contribution is -2.30. The van der Waals surface area contributed by atoms with E-state index in [2.05, 4.69) is 10.6 Å². The first-order chi connectivity index (χ1) is 8.58. The Morgan fingerprint density at radius 2 is 2.33 bits per heavy atom. The second kappa shape index (κ2) is 5.09. The molecule has 0 radical (unpaired) electrons. The highest BCUT2D eigenvalue weighted by Crippen LogP contribution is 2.20. The van der Waals surface area contributed by atoms with Crippen molar-refractivity contribution in [3.63, 3.8) is 0 Å². The van der Waals surface area contributed by atoms with Crippen LogP contribution in [-0.2, 0) is 11.3 Å². The summed E-state index contributed by atoms with van der Waals surface area (Å²) >= 11 is 0. The minimum atomic E-state index is -0.827. The average molecular weight is 253 g/mol. The van der Waals surface area contributed by atoms with Crippen molar-refractivity contribution in [2.45, 2.75) is 19.0 Å². The SMILES string of the molecule is O=C1CC(NCc2cccc([N+](=O)[O-])c2F)CN1. The maximum Gasteiger partial charge on any atom is 0.305 e. The molecule has 1 fully saturated rings. The van der Waals surface area contributed by atoms with E-state index < -0.39 is 16.4 Å². The number of carbonyl (C=O) groups is 1. The molecule has 6 nitrogen and oxygen atoms in total. The van der Waals surface area contributed by atoms with E-state index in [1.165, 1.54) is 12.1 Å². The lowest BCUT2D eigenvalue weighted by Gasteiger charge is -2.10. The lowest BCUT2D eigenvalue weighted by molar-refractivity contribution is -0.387. The first-order valence-electron chi connectivity index (χ1n) is 5.50. The molecule has 96 valence electrons. The van der Waals surface area contributed by atoms with Gasteiger partial charge in [-0.2, -0.15) is 4.39 Å². The molecule has 1 saturated heterocycles. The number of nitrogens with zero attached hydrogens (tertiary/aromatic N) is 1. The van der Waals surface area contributed by atoms with E-state index in [1.54, 1.807) is 0 Å². The highest BCUT2D eigenvalue weighted by atomic mass is 19.1. The van der Waals surface area contributed by atoms with E-state index in [0.29, 0.717) is 13.0 Å². The van der Waals surface area contributed by atoms with E-state index >= 15 is 0 Å². The second-order valence-corrected chi connectivity index (χ2v) is 4.09. The summed E-state index contributed by atoms with van der Waals surface area (Å²) in [5, 5.41) is 16.2. The Balaban J connectivity index is 2.03. The summed E-state index contributed by atoms with van der Waals surface area (Å²) in [7, 11) is 0. The Kier molecular flexibility index (Phi) is 3.52. The Morgan fingerprint density at radius 1 is 1.56 bits per heavy atom. The zero-order valence-electron chi connectivity index (χ0n) is 9.48. The van der Waals surface area contributed by atoms with E-state index in [-0.39, 0.29) is 24.1 Å². The minimum absolute atomic E-state index is 0.0491. The second-order valence-electron chi connectivity index (χ2n) is 4.09. The fourth-order valence-electron chi connectivity index (χ4n) is 1.85. The van der Waals surface area contributed by atoms with Gasteiger partial charge in [0, 0.05) is 37.2 Å². The predicted octanol–water partition coefficient (Wildman–Crippen LogP) is 0.712. The van der Waals surface area contributed by atoms with Gasteiger partial charge in [0.25, 0.3) is 0 Å². The van der Waals surface area contributed by atoms with Crippen molar-refractivity contribution >= 4 is 11.6 Å². The largest absolute Gasteiger partial charge is 0.354 e. The van der Waals surface area contributed by atoms with Gasteiger partial charge in [-0.15, -0.1) is 0 Å². The Bertz CT molecular complexity index is 492. The molecule has 1 aliphatic heterocycles. The third-order valence-corrected chi connectivity index (χ3v) is 2.81. The molecule has 0 spiro atoms. The first kappa shape index (κ1) is 12.4. The Hall–Kier alpha value is -2.02. The normalized spacial score (nSPS) is 18.7. The minimum Gasteiger partial charge on any atom is -0.354 e. The fraction of sp³-hybridized carbons (Fsp3) is 0.364. The van der Waals surface area contributed by atoms with E-state index in [4.69, 9.17) is 0 Å². The third-order valence-electron chi connectivity index (χ3n) is 2.81. The standard InChI is InChI=1S/C11H12FN3O3/c12-11-7(2-1-3-9(11)15(17)18)5-13-8-4-10(16)14-6-8/h1-3,8,13H,4-6H2,(H,14,16). The number of rotatable bonds is 4. The van der Waals surface area contributed by atoms with Crippen molar-refractivity contribution in [2.75, 3.05) is 6.54 Å². The van der Waals surface area contributed by atoms with Crippen molar-refractivity contribution in [2.24, 2.45) is 0 Å². The van der Waals surface area contributed by atoms with Crippen LogP contribution < -0.4 is 10.6 Å². The van der Waals surface area contributed by atoms with Crippen LogP contribution in [-0.4, -0.2) is 23.4 Å². The molecule has 1 aliphatic rings. The van der Waals surface area contributed by atoms with Gasteiger partial charge in [-0.25, -0.2) is 0 Å². The molecule has 2 N–H and O–H groups in total. The number of benzene rings is 1. The molecule has 0 bridgehead atoms. The fourth-order valence-corrected chi connectivity index (χ4v) is 1.85. The van der Waals surface area contributed by atoms with Crippen LogP contribution in [0.3, 0.4) is 0 Å². The van der Waals surface area contributed by atoms with Crippen LogP contribution in [0.5, 0.6) is 0 Å². The van der Waals surface area contributed by atoms with Gasteiger partial charge in [-0.05, 0) is 0 Å². The number of nitro groups is 1. The number of hydrogen-bond acceptors (Lipinski definition) is 4. The number of halogens is 1. The van der Waals surface area contributed by atoms with Crippen LogP contribution in [0.25, 0.3) is 0 Å². The van der Waals surface area contributed by atoms with Crippen LogP contribution in [0.4, 0.5) is 10.1 Å². The number of nitrogens with one attached hydrogen (secondary N) is 2. The molecule has 1 unspecified atom stereocenters. The van der Waals surface area contributed by atoms with Gasteiger partial charge in [0.05, 0.1) is 4.92 Å². The zero-order valence-corrected chi connectivity index (χ0v) is 9.48. The monoisotopic (exact) mass is 253 g/mol. The molecule has 7 heteroatoms. The molecular weight excluding hydrogens is 241 g/mol. The molecule has 1 heterocycles. The summed E-state index contributed by atoms with van der Waals surface area (Å²) in [4.78, 5) is 20.8. The van der Waals surface area contributed by atoms with Crippen LogP contribution in [0.15, 0.2) is 18.2 Å². The van der Waals surface area contributed by atoms with Crippen molar-refractivity contribution in [3.05, 3.63) is 39.7 Å². The van der Waals surface area contributed by atoms with Crippen molar-refractivity contribution in [1.82, 2.24) is 10.6 Å². The molecule has 1 amide bonds. The molecule has 0 aliphatic carbocycles. The third kappa shape index (κ3) is 2.62. The average Bonchev–Trinajstić information content (AvgIpc) is 2.73. The van der Waals surface area contributed by atoms with Gasteiger partial charge in [-0.3, -0.25) is 14.9 Å². The smallest absolute Gasteiger partial charge is 0.305 e. The van der Waals surface area contributed by atoms with Gasteiger partial charge in [0.2, 0.25) is 11.7 Å². The summed E-state index contributed by atoms with van der Waals surface area (Å²) in [6, 6.07) is 3.99. The highest BCUT2D eigenvalue weighted by Gasteiger charge is 2.22. The van der Waals surface area contributed by atoms with Gasteiger partial charge in [0.15, 0.2) is 0 Å². The molecule has 1 atom stereocenters. The molecule has 1 aromatic carbocycles. The van der Waals surface area contributed by atoms with E-state index in [1.807, 2.05) is 0 Å². The highest BCUT2D eigenvalue weighted by molar-refractivity contribution is 5.78. The summed E-state index contributed by atoms with van der Waals surface area (Å²) in [5.74, 6) is -0.876. The summed E-state index contributed by atoms with van der Waals surface area (Å²) in [6.45, 7) is 0.655. The van der Waals surface area contributed by atoms with Crippen molar-refractivity contribution < 1.29 is 14.1 Å². The summed E-state index contributed by atoms with van der Waals surface area (Å²) < 4.78 is 13.7. The van der Waals surface area contributed by atoms with Gasteiger partial charge < -0.3 is 10.6 Å². The van der Waals surface area contributed by atoms with Crippen LogP contribution in [0.2, 0.25) is 0 Å². The number of nitro benzene ring substituents is 1. The molecular formula is C11H12FN3O3.